The SMILES string of the molecule is CCCCCCCC(O)CC(=O)N[C@H]1CCOC1=O. The van der Waals surface area contributed by atoms with Crippen LogP contribution in [0, 0.1) is 0 Å². The van der Waals surface area contributed by atoms with Crippen LogP contribution < -0.4 is 5.32 Å². The zero-order chi connectivity index (χ0) is 14.1. The molecule has 0 bridgehead atoms. The summed E-state index contributed by atoms with van der Waals surface area (Å²) in [6, 6.07) is -0.524. The molecule has 110 valence electrons. The van der Waals surface area contributed by atoms with E-state index in [2.05, 4.69) is 12.2 Å². The number of unbranched alkanes of at least 4 members (excludes halogenated alkanes) is 4. The molecule has 1 heterocycles. The molecule has 1 unspecified atom stereocenters. The Balaban J connectivity index is 2.08. The molecular weight excluding hydrogens is 246 g/mol. The van der Waals surface area contributed by atoms with Crippen LogP contribution >= 0.6 is 0 Å². The fourth-order valence-electron chi connectivity index (χ4n) is 2.18. The Bertz CT molecular complexity index is 293. The third-order valence-electron chi connectivity index (χ3n) is 3.33. The average Bonchev–Trinajstić information content (AvgIpc) is 2.74. The number of carbonyl (C=O) groups excluding carboxylic acids is 2. The number of aliphatic hydroxyl groups excluding tert-OH is 1. The van der Waals surface area contributed by atoms with E-state index in [1.165, 1.54) is 19.3 Å². The van der Waals surface area contributed by atoms with Gasteiger partial charge < -0.3 is 15.2 Å². The Morgan fingerprint density at radius 1 is 1.42 bits per heavy atom. The van der Waals surface area contributed by atoms with Crippen molar-refractivity contribution in [3.63, 3.8) is 0 Å². The molecule has 1 rings (SSSR count). The van der Waals surface area contributed by atoms with Gasteiger partial charge in [0.25, 0.3) is 0 Å². The van der Waals surface area contributed by atoms with E-state index < -0.39 is 12.1 Å². The molecule has 1 saturated heterocycles. The lowest BCUT2D eigenvalue weighted by atomic mass is 10.1. The van der Waals surface area contributed by atoms with Gasteiger partial charge in [0.15, 0.2) is 0 Å². The van der Waals surface area contributed by atoms with Gasteiger partial charge in [-0.3, -0.25) is 4.79 Å². The van der Waals surface area contributed by atoms with Crippen molar-refractivity contribution < 1.29 is 19.4 Å². The molecule has 2 N–H and O–H groups in total. The van der Waals surface area contributed by atoms with Crippen molar-refractivity contribution in [2.45, 2.75) is 70.4 Å². The molecule has 1 aliphatic rings. The fraction of sp³-hybridized carbons (Fsp3) is 0.857. The summed E-state index contributed by atoms with van der Waals surface area (Å²) in [5.74, 6) is -0.646. The number of hydrogen-bond acceptors (Lipinski definition) is 4. The maximum absolute atomic E-state index is 11.6. The van der Waals surface area contributed by atoms with Crippen LogP contribution in [0.4, 0.5) is 0 Å². The lowest BCUT2D eigenvalue weighted by Gasteiger charge is -2.12. The largest absolute Gasteiger partial charge is 0.464 e. The number of rotatable bonds is 9. The normalized spacial score (nSPS) is 20.1. The highest BCUT2D eigenvalue weighted by Crippen LogP contribution is 2.10. The van der Waals surface area contributed by atoms with Crippen molar-refractivity contribution in [2.24, 2.45) is 0 Å². The fourth-order valence-corrected chi connectivity index (χ4v) is 2.18. The van der Waals surface area contributed by atoms with Gasteiger partial charge in [-0.15, -0.1) is 0 Å². The van der Waals surface area contributed by atoms with E-state index in [1.807, 2.05) is 0 Å². The van der Waals surface area contributed by atoms with Crippen molar-refractivity contribution >= 4 is 11.9 Å². The first-order valence-corrected chi connectivity index (χ1v) is 7.27. The topological polar surface area (TPSA) is 75.6 Å². The Morgan fingerprint density at radius 3 is 2.79 bits per heavy atom. The van der Waals surface area contributed by atoms with E-state index in [-0.39, 0.29) is 18.3 Å². The minimum atomic E-state index is -0.612. The summed E-state index contributed by atoms with van der Waals surface area (Å²) in [5, 5.41) is 12.3. The van der Waals surface area contributed by atoms with Gasteiger partial charge in [0.1, 0.15) is 6.04 Å². The molecule has 19 heavy (non-hydrogen) atoms. The second kappa shape index (κ2) is 8.91. The Kier molecular flexibility index (Phi) is 7.48. The van der Waals surface area contributed by atoms with E-state index >= 15 is 0 Å². The number of ether oxygens (including phenoxy) is 1. The molecule has 0 radical (unpaired) electrons. The molecule has 2 atom stereocenters. The molecule has 5 nitrogen and oxygen atoms in total. The van der Waals surface area contributed by atoms with E-state index in [0.29, 0.717) is 19.4 Å². The van der Waals surface area contributed by atoms with Gasteiger partial charge in [0, 0.05) is 6.42 Å². The highest BCUT2D eigenvalue weighted by atomic mass is 16.5. The number of carbonyl (C=O) groups is 2. The zero-order valence-corrected chi connectivity index (χ0v) is 11.7. The van der Waals surface area contributed by atoms with Crippen molar-refractivity contribution in [3.05, 3.63) is 0 Å². The predicted molar refractivity (Wildman–Crippen MR) is 71.5 cm³/mol. The maximum atomic E-state index is 11.6. The third kappa shape index (κ3) is 6.57. The first kappa shape index (κ1) is 16.0. The molecule has 5 heteroatoms. The minimum Gasteiger partial charge on any atom is -0.464 e. The van der Waals surface area contributed by atoms with Crippen LogP contribution in [-0.2, 0) is 14.3 Å². The smallest absolute Gasteiger partial charge is 0.328 e. The van der Waals surface area contributed by atoms with Gasteiger partial charge in [-0.1, -0.05) is 39.0 Å². The van der Waals surface area contributed by atoms with E-state index in [4.69, 9.17) is 4.74 Å². The number of amides is 1. The monoisotopic (exact) mass is 271 g/mol. The number of esters is 1. The van der Waals surface area contributed by atoms with Gasteiger partial charge in [-0.05, 0) is 6.42 Å². The van der Waals surface area contributed by atoms with Crippen molar-refractivity contribution in [3.8, 4) is 0 Å². The number of nitrogens with one attached hydrogen (secondary N) is 1. The van der Waals surface area contributed by atoms with Crippen LogP contribution in [0.2, 0.25) is 0 Å². The van der Waals surface area contributed by atoms with E-state index in [9.17, 15) is 14.7 Å². The van der Waals surface area contributed by atoms with Gasteiger partial charge in [0.2, 0.25) is 5.91 Å². The minimum absolute atomic E-state index is 0.0670. The quantitative estimate of drug-likeness (QED) is 0.492. The maximum Gasteiger partial charge on any atom is 0.328 e. The van der Waals surface area contributed by atoms with Gasteiger partial charge >= 0.3 is 5.97 Å². The third-order valence-corrected chi connectivity index (χ3v) is 3.33. The Morgan fingerprint density at radius 2 is 2.16 bits per heavy atom. The second-order valence-corrected chi connectivity index (χ2v) is 5.14. The molecule has 0 aromatic rings. The summed E-state index contributed by atoms with van der Waals surface area (Å²) in [6.45, 7) is 2.52. The van der Waals surface area contributed by atoms with E-state index in [0.717, 1.165) is 12.8 Å². The zero-order valence-electron chi connectivity index (χ0n) is 11.7. The van der Waals surface area contributed by atoms with Crippen LogP contribution in [-0.4, -0.2) is 35.7 Å². The number of cyclic esters (lactones) is 1. The molecule has 0 saturated carbocycles. The predicted octanol–water partition coefficient (Wildman–Crippen LogP) is 1.53. The molecule has 1 amide bonds. The summed E-state index contributed by atoms with van der Waals surface area (Å²) >= 11 is 0. The summed E-state index contributed by atoms with van der Waals surface area (Å²) in [7, 11) is 0. The number of aliphatic hydroxyl groups is 1. The van der Waals surface area contributed by atoms with Gasteiger partial charge in [-0.25, -0.2) is 4.79 Å². The van der Waals surface area contributed by atoms with Crippen LogP contribution in [0.25, 0.3) is 0 Å². The first-order valence-electron chi connectivity index (χ1n) is 7.27. The molecule has 0 aromatic carbocycles. The second-order valence-electron chi connectivity index (χ2n) is 5.14. The molecular formula is C14H25NO4. The highest BCUT2D eigenvalue weighted by molar-refractivity contribution is 5.85. The number of hydrogen-bond donors (Lipinski definition) is 2. The summed E-state index contributed by atoms with van der Waals surface area (Å²) in [4.78, 5) is 22.8. The Hall–Kier alpha value is -1.10. The lowest BCUT2D eigenvalue weighted by Crippen LogP contribution is -2.39. The van der Waals surface area contributed by atoms with Gasteiger partial charge in [0.05, 0.1) is 19.1 Å². The van der Waals surface area contributed by atoms with Crippen molar-refractivity contribution in [1.82, 2.24) is 5.32 Å². The van der Waals surface area contributed by atoms with Crippen molar-refractivity contribution in [1.29, 1.82) is 0 Å². The molecule has 1 fully saturated rings. The Labute approximate surface area is 114 Å². The summed E-state index contributed by atoms with van der Waals surface area (Å²) in [6.07, 6.45) is 6.27. The van der Waals surface area contributed by atoms with Crippen LogP contribution in [0.5, 0.6) is 0 Å². The van der Waals surface area contributed by atoms with Crippen LogP contribution in [0.15, 0.2) is 0 Å². The van der Waals surface area contributed by atoms with Crippen molar-refractivity contribution in [2.75, 3.05) is 6.61 Å². The standard InChI is InChI=1S/C14H25NO4/c1-2-3-4-5-6-7-11(16)10-13(17)15-12-8-9-19-14(12)18/h11-12,16H,2-10H2,1H3,(H,15,17)/t11?,12-/m0/s1. The highest BCUT2D eigenvalue weighted by Gasteiger charge is 2.28. The first-order chi connectivity index (χ1) is 9.13. The van der Waals surface area contributed by atoms with E-state index in [1.54, 1.807) is 0 Å². The van der Waals surface area contributed by atoms with Crippen LogP contribution in [0.3, 0.4) is 0 Å². The molecule has 0 aliphatic carbocycles. The summed E-state index contributed by atoms with van der Waals surface area (Å²) in [5.41, 5.74) is 0. The lowest BCUT2D eigenvalue weighted by molar-refractivity contribution is -0.141. The van der Waals surface area contributed by atoms with Gasteiger partial charge in [-0.2, -0.15) is 0 Å². The molecule has 1 aliphatic heterocycles. The molecule has 0 spiro atoms. The summed E-state index contributed by atoms with van der Waals surface area (Å²) < 4.78 is 4.76. The average molecular weight is 271 g/mol. The van der Waals surface area contributed by atoms with Crippen LogP contribution in [0.1, 0.15) is 58.3 Å². The molecule has 0 aromatic heterocycles.